The molecule has 0 aliphatic carbocycles. The van der Waals surface area contributed by atoms with E-state index in [-0.39, 0.29) is 5.92 Å². The van der Waals surface area contributed by atoms with Crippen molar-refractivity contribution in [3.63, 3.8) is 0 Å². The number of benzene rings is 1. The van der Waals surface area contributed by atoms with E-state index >= 15 is 0 Å². The number of rotatable bonds is 4. The number of H-pyrrole nitrogens is 1. The predicted molar refractivity (Wildman–Crippen MR) is 84.3 cm³/mol. The van der Waals surface area contributed by atoms with E-state index in [9.17, 15) is 0 Å². The molecular formula is C18H19N3. The van der Waals surface area contributed by atoms with E-state index in [0.29, 0.717) is 0 Å². The van der Waals surface area contributed by atoms with Crippen molar-refractivity contribution >= 4 is 0 Å². The molecule has 0 unspecified atom stereocenters. The van der Waals surface area contributed by atoms with Crippen LogP contribution in [-0.2, 0) is 6.42 Å². The van der Waals surface area contributed by atoms with Gasteiger partial charge in [-0.3, -0.25) is 4.98 Å². The highest BCUT2D eigenvalue weighted by Gasteiger charge is 2.19. The van der Waals surface area contributed by atoms with Gasteiger partial charge in [0.2, 0.25) is 0 Å². The van der Waals surface area contributed by atoms with Gasteiger partial charge in [0.05, 0.1) is 6.33 Å². The maximum absolute atomic E-state index is 4.47. The molecule has 106 valence electrons. The zero-order valence-electron chi connectivity index (χ0n) is 12.4. The molecule has 0 spiro atoms. The topological polar surface area (TPSA) is 41.6 Å². The summed E-state index contributed by atoms with van der Waals surface area (Å²) in [4.78, 5) is 11.9. The van der Waals surface area contributed by atoms with Crippen LogP contribution in [0.5, 0.6) is 0 Å². The molecule has 3 heteroatoms. The van der Waals surface area contributed by atoms with E-state index in [1.54, 1.807) is 6.33 Å². The number of nitrogens with one attached hydrogen (secondary N) is 1. The molecule has 0 bridgehead atoms. The van der Waals surface area contributed by atoms with Crippen LogP contribution < -0.4 is 0 Å². The van der Waals surface area contributed by atoms with Crippen molar-refractivity contribution in [2.45, 2.75) is 26.2 Å². The molecule has 0 saturated carbocycles. The minimum atomic E-state index is 0.252. The zero-order valence-corrected chi connectivity index (χ0v) is 12.4. The fraction of sp³-hybridized carbons (Fsp3) is 0.222. The van der Waals surface area contributed by atoms with Gasteiger partial charge in [0.1, 0.15) is 0 Å². The third kappa shape index (κ3) is 2.87. The summed E-state index contributed by atoms with van der Waals surface area (Å²) in [6.45, 7) is 4.34. The first kappa shape index (κ1) is 13.6. The van der Waals surface area contributed by atoms with Crippen molar-refractivity contribution in [2.75, 3.05) is 0 Å². The Bertz CT molecular complexity index is 703. The van der Waals surface area contributed by atoms with Crippen LogP contribution >= 0.6 is 0 Å². The summed E-state index contributed by atoms with van der Waals surface area (Å²) in [7, 11) is 0. The lowest BCUT2D eigenvalue weighted by atomic mass is 9.87. The highest BCUT2D eigenvalue weighted by atomic mass is 14.9. The van der Waals surface area contributed by atoms with Crippen molar-refractivity contribution in [1.82, 2.24) is 15.0 Å². The molecule has 1 aromatic carbocycles. The van der Waals surface area contributed by atoms with Gasteiger partial charge in [0.15, 0.2) is 0 Å². The third-order valence-electron chi connectivity index (χ3n) is 4.06. The maximum atomic E-state index is 4.47. The second-order valence-corrected chi connectivity index (χ2v) is 5.37. The Morgan fingerprint density at radius 2 is 2.00 bits per heavy atom. The van der Waals surface area contributed by atoms with Gasteiger partial charge in [-0.2, -0.15) is 0 Å². The van der Waals surface area contributed by atoms with Crippen LogP contribution in [0.25, 0.3) is 0 Å². The number of hydrogen-bond donors (Lipinski definition) is 1. The summed E-state index contributed by atoms with van der Waals surface area (Å²) < 4.78 is 0. The molecule has 1 N–H and O–H groups in total. The van der Waals surface area contributed by atoms with Gasteiger partial charge in [-0.15, -0.1) is 0 Å². The number of hydrogen-bond acceptors (Lipinski definition) is 2. The zero-order chi connectivity index (χ0) is 14.7. The first-order chi connectivity index (χ1) is 10.3. The Morgan fingerprint density at radius 1 is 1.10 bits per heavy atom. The average Bonchev–Trinajstić information content (AvgIpc) is 3.03. The highest BCUT2D eigenvalue weighted by Crippen LogP contribution is 2.30. The standard InChI is InChI=1S/C18H19N3/c1-13-6-5-8-16(14(13)2)17(18-11-19-12-21-18)10-15-7-3-4-9-20-15/h3-9,11-12,17H,10H2,1-2H3,(H,19,21)/t17-/m1/s1. The number of imidazole rings is 1. The fourth-order valence-electron chi connectivity index (χ4n) is 2.72. The summed E-state index contributed by atoms with van der Waals surface area (Å²) in [5.74, 6) is 0.252. The van der Waals surface area contributed by atoms with Crippen molar-refractivity contribution in [3.8, 4) is 0 Å². The van der Waals surface area contributed by atoms with Crippen molar-refractivity contribution in [2.24, 2.45) is 0 Å². The molecule has 0 fully saturated rings. The molecule has 21 heavy (non-hydrogen) atoms. The SMILES string of the molecule is Cc1cccc([C@@H](Cc2ccccn2)c2cnc[nH]2)c1C. The molecule has 0 amide bonds. The quantitative estimate of drug-likeness (QED) is 0.788. The number of aromatic amines is 1. The number of pyridine rings is 1. The van der Waals surface area contributed by atoms with Crippen molar-refractivity contribution in [3.05, 3.63) is 83.2 Å². The Hall–Kier alpha value is -2.42. The molecule has 0 aliphatic heterocycles. The Balaban J connectivity index is 2.03. The average molecular weight is 277 g/mol. The summed E-state index contributed by atoms with van der Waals surface area (Å²) >= 11 is 0. The third-order valence-corrected chi connectivity index (χ3v) is 4.06. The summed E-state index contributed by atoms with van der Waals surface area (Å²) in [6.07, 6.45) is 6.37. The normalized spacial score (nSPS) is 12.3. The summed E-state index contributed by atoms with van der Waals surface area (Å²) in [5, 5.41) is 0. The number of aromatic nitrogens is 3. The van der Waals surface area contributed by atoms with E-state index in [2.05, 4.69) is 53.1 Å². The lowest BCUT2D eigenvalue weighted by Gasteiger charge is -2.19. The minimum Gasteiger partial charge on any atom is -0.348 e. The van der Waals surface area contributed by atoms with Crippen LogP contribution in [0.3, 0.4) is 0 Å². The van der Waals surface area contributed by atoms with E-state index in [1.165, 1.54) is 16.7 Å². The monoisotopic (exact) mass is 277 g/mol. The Labute approximate surface area is 125 Å². The second-order valence-electron chi connectivity index (χ2n) is 5.37. The molecule has 0 aliphatic rings. The molecule has 3 nitrogen and oxygen atoms in total. The molecular weight excluding hydrogens is 258 g/mol. The largest absolute Gasteiger partial charge is 0.348 e. The van der Waals surface area contributed by atoms with Crippen LogP contribution in [0.1, 0.15) is 34.0 Å². The van der Waals surface area contributed by atoms with Gasteiger partial charge in [0.25, 0.3) is 0 Å². The van der Waals surface area contributed by atoms with Crippen molar-refractivity contribution in [1.29, 1.82) is 0 Å². The van der Waals surface area contributed by atoms with E-state index in [4.69, 9.17) is 0 Å². The van der Waals surface area contributed by atoms with E-state index < -0.39 is 0 Å². The van der Waals surface area contributed by atoms with Gasteiger partial charge in [-0.1, -0.05) is 24.3 Å². The lowest BCUT2D eigenvalue weighted by molar-refractivity contribution is 0.754. The van der Waals surface area contributed by atoms with Crippen LogP contribution in [0.15, 0.2) is 55.1 Å². The molecule has 0 radical (unpaired) electrons. The lowest BCUT2D eigenvalue weighted by Crippen LogP contribution is -2.09. The van der Waals surface area contributed by atoms with E-state index in [1.807, 2.05) is 24.5 Å². The van der Waals surface area contributed by atoms with Crippen LogP contribution in [0.4, 0.5) is 0 Å². The van der Waals surface area contributed by atoms with Crippen LogP contribution in [0, 0.1) is 13.8 Å². The van der Waals surface area contributed by atoms with Gasteiger partial charge in [-0.25, -0.2) is 4.98 Å². The Kier molecular flexibility index (Phi) is 3.82. The van der Waals surface area contributed by atoms with Crippen molar-refractivity contribution < 1.29 is 0 Å². The minimum absolute atomic E-state index is 0.252. The highest BCUT2D eigenvalue weighted by molar-refractivity contribution is 5.40. The molecule has 2 aromatic heterocycles. The smallest absolute Gasteiger partial charge is 0.0921 e. The fourth-order valence-corrected chi connectivity index (χ4v) is 2.72. The van der Waals surface area contributed by atoms with Gasteiger partial charge < -0.3 is 4.98 Å². The Morgan fingerprint density at radius 3 is 2.71 bits per heavy atom. The van der Waals surface area contributed by atoms with Gasteiger partial charge in [0, 0.05) is 36.1 Å². The molecule has 0 saturated heterocycles. The number of aryl methyl sites for hydroxylation is 1. The molecule has 2 heterocycles. The van der Waals surface area contributed by atoms with Gasteiger partial charge in [-0.05, 0) is 42.7 Å². The predicted octanol–water partition coefficient (Wildman–Crippen LogP) is 3.80. The number of nitrogens with zero attached hydrogens (tertiary/aromatic N) is 2. The summed E-state index contributed by atoms with van der Waals surface area (Å²) in [5.41, 5.74) is 6.23. The van der Waals surface area contributed by atoms with E-state index in [0.717, 1.165) is 17.8 Å². The first-order valence-corrected chi connectivity index (χ1v) is 7.20. The molecule has 1 atom stereocenters. The van der Waals surface area contributed by atoms with Gasteiger partial charge >= 0.3 is 0 Å². The van der Waals surface area contributed by atoms with Crippen LogP contribution in [-0.4, -0.2) is 15.0 Å². The molecule has 3 aromatic rings. The van der Waals surface area contributed by atoms with Crippen LogP contribution in [0.2, 0.25) is 0 Å². The summed E-state index contributed by atoms with van der Waals surface area (Å²) in [6, 6.07) is 12.6. The first-order valence-electron chi connectivity index (χ1n) is 7.20. The maximum Gasteiger partial charge on any atom is 0.0921 e. The molecule has 3 rings (SSSR count). The second kappa shape index (κ2) is 5.92.